The van der Waals surface area contributed by atoms with Gasteiger partial charge in [0.1, 0.15) is 6.04 Å². The van der Waals surface area contributed by atoms with E-state index in [2.05, 4.69) is 58.6 Å². The zero-order valence-corrected chi connectivity index (χ0v) is 14.7. The normalized spacial score (nSPS) is 21.4. The fraction of sp³-hybridized carbons (Fsp3) is 0.632. The SMILES string of the molecule is CCCC(C(=O)O)N1c2cc(C)c(C)cc2C(C)CC1(C)C. The van der Waals surface area contributed by atoms with Gasteiger partial charge >= 0.3 is 5.97 Å². The summed E-state index contributed by atoms with van der Waals surface area (Å²) in [5, 5.41) is 9.76. The fourth-order valence-electron chi connectivity index (χ4n) is 3.94. The number of carboxylic acid groups (broad SMARTS) is 1. The molecule has 122 valence electrons. The van der Waals surface area contributed by atoms with E-state index in [1.165, 1.54) is 16.7 Å². The molecule has 3 nitrogen and oxygen atoms in total. The average Bonchev–Trinajstić information content (AvgIpc) is 2.39. The average molecular weight is 303 g/mol. The number of hydrogen-bond acceptors (Lipinski definition) is 2. The third-order valence-corrected chi connectivity index (χ3v) is 5.05. The summed E-state index contributed by atoms with van der Waals surface area (Å²) in [4.78, 5) is 14.0. The Balaban J connectivity index is 2.63. The smallest absolute Gasteiger partial charge is 0.326 e. The van der Waals surface area contributed by atoms with Gasteiger partial charge in [-0.2, -0.15) is 0 Å². The first kappa shape index (κ1) is 16.9. The minimum atomic E-state index is -0.714. The largest absolute Gasteiger partial charge is 0.480 e. The number of aliphatic carboxylic acids is 1. The molecule has 22 heavy (non-hydrogen) atoms. The molecular weight excluding hydrogens is 274 g/mol. The van der Waals surface area contributed by atoms with Gasteiger partial charge in [0, 0.05) is 11.2 Å². The van der Waals surface area contributed by atoms with Gasteiger partial charge in [0.05, 0.1) is 0 Å². The van der Waals surface area contributed by atoms with E-state index in [-0.39, 0.29) is 5.54 Å². The van der Waals surface area contributed by atoms with Crippen LogP contribution in [0.1, 0.15) is 69.6 Å². The molecule has 1 aliphatic heterocycles. The van der Waals surface area contributed by atoms with Gasteiger partial charge in [-0.15, -0.1) is 0 Å². The highest BCUT2D eigenvalue weighted by molar-refractivity contribution is 5.80. The van der Waals surface area contributed by atoms with Gasteiger partial charge in [0.15, 0.2) is 0 Å². The number of nitrogens with zero attached hydrogens (tertiary/aromatic N) is 1. The van der Waals surface area contributed by atoms with Crippen LogP contribution in [-0.2, 0) is 4.79 Å². The lowest BCUT2D eigenvalue weighted by atomic mass is 9.78. The van der Waals surface area contributed by atoms with E-state index >= 15 is 0 Å². The number of anilines is 1. The van der Waals surface area contributed by atoms with Gasteiger partial charge < -0.3 is 10.0 Å². The van der Waals surface area contributed by atoms with E-state index < -0.39 is 12.0 Å². The second-order valence-electron chi connectivity index (χ2n) is 7.43. The van der Waals surface area contributed by atoms with Gasteiger partial charge in [0.2, 0.25) is 0 Å². The minimum Gasteiger partial charge on any atom is -0.480 e. The van der Waals surface area contributed by atoms with E-state index in [1.807, 2.05) is 0 Å². The maximum absolute atomic E-state index is 11.9. The van der Waals surface area contributed by atoms with Crippen molar-refractivity contribution in [1.29, 1.82) is 0 Å². The van der Waals surface area contributed by atoms with Crippen LogP contribution in [0, 0.1) is 13.8 Å². The van der Waals surface area contributed by atoms with Crippen molar-refractivity contribution in [3.8, 4) is 0 Å². The van der Waals surface area contributed by atoms with Crippen molar-refractivity contribution in [2.24, 2.45) is 0 Å². The fourth-order valence-corrected chi connectivity index (χ4v) is 3.94. The molecule has 0 fully saturated rings. The zero-order valence-electron chi connectivity index (χ0n) is 14.7. The number of aryl methyl sites for hydroxylation is 2. The first-order chi connectivity index (χ1) is 10.2. The molecule has 3 heteroatoms. The van der Waals surface area contributed by atoms with Gasteiger partial charge in [-0.1, -0.05) is 26.3 Å². The number of hydrogen-bond donors (Lipinski definition) is 1. The number of carboxylic acids is 1. The molecule has 0 aliphatic carbocycles. The molecule has 1 N–H and O–H groups in total. The molecule has 1 aromatic carbocycles. The number of benzene rings is 1. The lowest BCUT2D eigenvalue weighted by molar-refractivity contribution is -0.139. The Labute approximate surface area is 134 Å². The molecule has 0 spiro atoms. The van der Waals surface area contributed by atoms with Crippen LogP contribution in [0.5, 0.6) is 0 Å². The number of rotatable bonds is 4. The van der Waals surface area contributed by atoms with Crippen molar-refractivity contribution in [2.75, 3.05) is 4.90 Å². The van der Waals surface area contributed by atoms with E-state index in [0.717, 1.165) is 18.5 Å². The molecule has 2 unspecified atom stereocenters. The van der Waals surface area contributed by atoms with E-state index in [0.29, 0.717) is 12.3 Å². The highest BCUT2D eigenvalue weighted by Crippen LogP contribution is 2.45. The number of fused-ring (bicyclic) bond motifs is 1. The monoisotopic (exact) mass is 303 g/mol. The summed E-state index contributed by atoms with van der Waals surface area (Å²) in [5.74, 6) is -0.259. The highest BCUT2D eigenvalue weighted by atomic mass is 16.4. The van der Waals surface area contributed by atoms with Crippen LogP contribution in [0.2, 0.25) is 0 Å². The maximum Gasteiger partial charge on any atom is 0.326 e. The Morgan fingerprint density at radius 1 is 1.36 bits per heavy atom. The molecule has 0 aromatic heterocycles. The van der Waals surface area contributed by atoms with Crippen molar-refractivity contribution in [1.82, 2.24) is 0 Å². The molecule has 0 saturated heterocycles. The molecule has 1 aliphatic rings. The maximum atomic E-state index is 11.9. The van der Waals surface area contributed by atoms with Crippen molar-refractivity contribution < 1.29 is 9.90 Å². The van der Waals surface area contributed by atoms with E-state index in [9.17, 15) is 9.90 Å². The predicted octanol–water partition coefficient (Wildman–Crippen LogP) is 4.65. The van der Waals surface area contributed by atoms with Crippen LogP contribution in [0.3, 0.4) is 0 Å². The van der Waals surface area contributed by atoms with Crippen LogP contribution in [0.15, 0.2) is 12.1 Å². The molecule has 0 saturated carbocycles. The van der Waals surface area contributed by atoms with Crippen molar-refractivity contribution in [2.45, 2.75) is 78.3 Å². The van der Waals surface area contributed by atoms with E-state index in [1.54, 1.807) is 0 Å². The molecular formula is C19H29NO2. The van der Waals surface area contributed by atoms with E-state index in [4.69, 9.17) is 0 Å². The van der Waals surface area contributed by atoms with Gasteiger partial charge in [-0.3, -0.25) is 0 Å². The molecule has 2 rings (SSSR count). The van der Waals surface area contributed by atoms with Gasteiger partial charge in [-0.05, 0) is 69.2 Å². The van der Waals surface area contributed by atoms with Crippen molar-refractivity contribution in [3.05, 3.63) is 28.8 Å². The molecule has 0 amide bonds. The second kappa shape index (κ2) is 5.94. The third kappa shape index (κ3) is 2.86. The first-order valence-electron chi connectivity index (χ1n) is 8.32. The zero-order chi connectivity index (χ0) is 16.7. The van der Waals surface area contributed by atoms with Crippen LogP contribution in [0.4, 0.5) is 5.69 Å². The summed E-state index contributed by atoms with van der Waals surface area (Å²) >= 11 is 0. The lowest BCUT2D eigenvalue weighted by Crippen LogP contribution is -2.56. The summed E-state index contributed by atoms with van der Waals surface area (Å²) in [6, 6.07) is 3.99. The summed E-state index contributed by atoms with van der Waals surface area (Å²) in [6.45, 7) is 12.9. The Morgan fingerprint density at radius 2 is 1.95 bits per heavy atom. The Hall–Kier alpha value is -1.51. The Kier molecular flexibility index (Phi) is 4.55. The molecule has 0 bridgehead atoms. The van der Waals surface area contributed by atoms with Crippen LogP contribution in [-0.4, -0.2) is 22.7 Å². The van der Waals surface area contributed by atoms with Crippen molar-refractivity contribution in [3.63, 3.8) is 0 Å². The van der Waals surface area contributed by atoms with Gasteiger partial charge in [0.25, 0.3) is 0 Å². The number of carbonyl (C=O) groups is 1. The Morgan fingerprint density at radius 3 is 2.50 bits per heavy atom. The molecule has 0 radical (unpaired) electrons. The standard InChI is InChI=1S/C19H29NO2/c1-7-8-16(18(21)22)20-17-10-13(3)12(2)9-15(17)14(4)11-19(20,5)6/h9-10,14,16H,7-8,11H2,1-6H3,(H,21,22). The lowest BCUT2D eigenvalue weighted by Gasteiger charge is -2.50. The summed E-state index contributed by atoms with van der Waals surface area (Å²) in [7, 11) is 0. The van der Waals surface area contributed by atoms with Crippen LogP contribution >= 0.6 is 0 Å². The minimum absolute atomic E-state index is 0.146. The van der Waals surface area contributed by atoms with Crippen molar-refractivity contribution >= 4 is 11.7 Å². The van der Waals surface area contributed by atoms with Gasteiger partial charge in [-0.25, -0.2) is 4.79 Å². The molecule has 2 atom stereocenters. The highest BCUT2D eigenvalue weighted by Gasteiger charge is 2.42. The molecule has 1 aromatic rings. The molecule has 1 heterocycles. The quantitative estimate of drug-likeness (QED) is 0.880. The van der Waals surface area contributed by atoms with Crippen LogP contribution < -0.4 is 4.90 Å². The summed E-state index contributed by atoms with van der Waals surface area (Å²) < 4.78 is 0. The van der Waals surface area contributed by atoms with Crippen LogP contribution in [0.25, 0.3) is 0 Å². The second-order valence-corrected chi connectivity index (χ2v) is 7.43. The Bertz CT molecular complexity index is 577. The summed E-state index contributed by atoms with van der Waals surface area (Å²) in [5.41, 5.74) is 4.78. The predicted molar refractivity (Wildman–Crippen MR) is 91.8 cm³/mol. The first-order valence-corrected chi connectivity index (χ1v) is 8.32. The topological polar surface area (TPSA) is 40.5 Å². The summed E-state index contributed by atoms with van der Waals surface area (Å²) in [6.07, 6.45) is 2.54. The third-order valence-electron chi connectivity index (χ3n) is 5.05.